The van der Waals surface area contributed by atoms with Crippen molar-refractivity contribution in [1.29, 1.82) is 0 Å². The molecule has 3 unspecified atom stereocenters. The van der Waals surface area contributed by atoms with E-state index in [0.29, 0.717) is 0 Å². The standard InChI is InChI=1S/C17H21Br2F/c18-10-17(11-19,15-2-1-3-16(20)8-15)9-14-7-12-4-5-13(14)6-12/h1-3,8,12-14H,4-7,9-11H2. The van der Waals surface area contributed by atoms with Gasteiger partial charge in [0.05, 0.1) is 0 Å². The number of benzene rings is 1. The molecule has 3 heteroatoms. The van der Waals surface area contributed by atoms with Gasteiger partial charge in [-0.2, -0.15) is 0 Å². The van der Waals surface area contributed by atoms with Crippen LogP contribution in [-0.2, 0) is 5.41 Å². The van der Waals surface area contributed by atoms with Gasteiger partial charge in [0.1, 0.15) is 5.82 Å². The highest BCUT2D eigenvalue weighted by atomic mass is 79.9. The molecule has 3 atom stereocenters. The number of hydrogen-bond acceptors (Lipinski definition) is 0. The van der Waals surface area contributed by atoms with Crippen molar-refractivity contribution in [3.63, 3.8) is 0 Å². The van der Waals surface area contributed by atoms with Crippen LogP contribution in [-0.4, -0.2) is 10.7 Å². The van der Waals surface area contributed by atoms with E-state index in [4.69, 9.17) is 0 Å². The maximum absolute atomic E-state index is 13.6. The molecule has 110 valence electrons. The van der Waals surface area contributed by atoms with E-state index in [1.165, 1.54) is 38.2 Å². The van der Waals surface area contributed by atoms with Crippen molar-refractivity contribution in [2.45, 2.75) is 37.5 Å². The van der Waals surface area contributed by atoms with Gasteiger partial charge in [-0.3, -0.25) is 0 Å². The molecule has 2 saturated carbocycles. The maximum atomic E-state index is 13.6. The molecule has 0 spiro atoms. The van der Waals surface area contributed by atoms with E-state index in [1.807, 2.05) is 6.07 Å². The van der Waals surface area contributed by atoms with Crippen molar-refractivity contribution >= 4 is 31.9 Å². The summed E-state index contributed by atoms with van der Waals surface area (Å²) in [6, 6.07) is 7.17. The van der Waals surface area contributed by atoms with E-state index in [9.17, 15) is 4.39 Å². The monoisotopic (exact) mass is 402 g/mol. The first kappa shape index (κ1) is 15.0. The van der Waals surface area contributed by atoms with Crippen LogP contribution in [0.5, 0.6) is 0 Å². The SMILES string of the molecule is Fc1cccc(C(CBr)(CBr)CC2CC3CCC2C3)c1. The molecule has 0 aromatic heterocycles. The van der Waals surface area contributed by atoms with E-state index in [-0.39, 0.29) is 11.2 Å². The fourth-order valence-electron chi connectivity index (χ4n) is 4.36. The number of halogens is 3. The van der Waals surface area contributed by atoms with E-state index >= 15 is 0 Å². The number of hydrogen-bond donors (Lipinski definition) is 0. The van der Waals surface area contributed by atoms with Crippen LogP contribution in [0.3, 0.4) is 0 Å². The van der Waals surface area contributed by atoms with Gasteiger partial charge >= 0.3 is 0 Å². The van der Waals surface area contributed by atoms with Gasteiger partial charge in [0.15, 0.2) is 0 Å². The highest BCUT2D eigenvalue weighted by molar-refractivity contribution is 9.09. The molecule has 0 aliphatic heterocycles. The summed E-state index contributed by atoms with van der Waals surface area (Å²) in [6.07, 6.45) is 6.86. The van der Waals surface area contributed by atoms with Crippen molar-refractivity contribution < 1.29 is 4.39 Å². The minimum atomic E-state index is -0.123. The summed E-state index contributed by atoms with van der Waals surface area (Å²) >= 11 is 7.40. The molecule has 2 aliphatic rings. The third-order valence-electron chi connectivity index (χ3n) is 5.49. The zero-order valence-corrected chi connectivity index (χ0v) is 14.8. The van der Waals surface area contributed by atoms with Crippen molar-refractivity contribution in [3.8, 4) is 0 Å². The molecule has 2 bridgehead atoms. The highest BCUT2D eigenvalue weighted by Crippen LogP contribution is 2.52. The Morgan fingerprint density at radius 3 is 2.50 bits per heavy atom. The first-order chi connectivity index (χ1) is 9.66. The van der Waals surface area contributed by atoms with Crippen LogP contribution in [0.2, 0.25) is 0 Å². The molecular weight excluding hydrogens is 383 g/mol. The van der Waals surface area contributed by atoms with Gasteiger partial charge in [0.25, 0.3) is 0 Å². The molecule has 2 fully saturated rings. The lowest BCUT2D eigenvalue weighted by molar-refractivity contribution is 0.266. The summed E-state index contributed by atoms with van der Waals surface area (Å²) in [4.78, 5) is 0. The lowest BCUT2D eigenvalue weighted by Gasteiger charge is -2.36. The van der Waals surface area contributed by atoms with Crippen LogP contribution >= 0.6 is 31.9 Å². The molecule has 20 heavy (non-hydrogen) atoms. The Labute approximate surface area is 137 Å². The van der Waals surface area contributed by atoms with Gasteiger partial charge in [0, 0.05) is 16.1 Å². The van der Waals surface area contributed by atoms with Gasteiger partial charge in [-0.05, 0) is 61.1 Å². The second kappa shape index (κ2) is 6.08. The van der Waals surface area contributed by atoms with Crippen LogP contribution in [0.1, 0.15) is 37.7 Å². The summed E-state index contributed by atoms with van der Waals surface area (Å²) in [7, 11) is 0. The zero-order valence-electron chi connectivity index (χ0n) is 11.6. The first-order valence-corrected chi connectivity index (χ1v) is 9.79. The molecule has 1 aromatic rings. The maximum Gasteiger partial charge on any atom is 0.123 e. The molecule has 0 amide bonds. The minimum Gasteiger partial charge on any atom is -0.207 e. The second-order valence-corrected chi connectivity index (χ2v) is 7.82. The third kappa shape index (κ3) is 2.72. The smallest absolute Gasteiger partial charge is 0.123 e. The topological polar surface area (TPSA) is 0 Å². The fraction of sp³-hybridized carbons (Fsp3) is 0.647. The Morgan fingerprint density at radius 2 is 1.95 bits per heavy atom. The van der Waals surface area contributed by atoms with Crippen molar-refractivity contribution in [2.24, 2.45) is 17.8 Å². The predicted molar refractivity (Wildman–Crippen MR) is 89.2 cm³/mol. The summed E-state index contributed by atoms with van der Waals surface area (Å²) in [6.45, 7) is 0. The molecule has 0 N–H and O–H groups in total. The Bertz CT molecular complexity index is 470. The van der Waals surface area contributed by atoms with E-state index < -0.39 is 0 Å². The highest BCUT2D eigenvalue weighted by Gasteiger charge is 2.43. The molecule has 0 heterocycles. The Kier molecular flexibility index (Phi) is 4.57. The average Bonchev–Trinajstić information content (AvgIpc) is 3.07. The van der Waals surface area contributed by atoms with Crippen molar-refractivity contribution in [1.82, 2.24) is 0 Å². The van der Waals surface area contributed by atoms with E-state index in [0.717, 1.165) is 34.0 Å². The minimum absolute atomic E-state index is 0.0250. The summed E-state index contributed by atoms with van der Waals surface area (Å²) in [5.41, 5.74) is 1.16. The summed E-state index contributed by atoms with van der Waals surface area (Å²) in [5.74, 6) is 2.60. The number of fused-ring (bicyclic) bond motifs is 2. The van der Waals surface area contributed by atoms with E-state index in [1.54, 1.807) is 6.07 Å². The fourth-order valence-corrected chi connectivity index (χ4v) is 6.40. The van der Waals surface area contributed by atoms with Crippen LogP contribution in [0.25, 0.3) is 0 Å². The Hall–Kier alpha value is 0.110. The number of rotatable bonds is 5. The van der Waals surface area contributed by atoms with Crippen LogP contribution < -0.4 is 0 Å². The molecular formula is C17H21Br2F. The van der Waals surface area contributed by atoms with Gasteiger partial charge in [-0.25, -0.2) is 4.39 Å². The van der Waals surface area contributed by atoms with Gasteiger partial charge in [0.2, 0.25) is 0 Å². The zero-order chi connectivity index (χ0) is 14.2. The lowest BCUT2D eigenvalue weighted by atomic mass is 9.72. The Morgan fingerprint density at radius 1 is 1.15 bits per heavy atom. The first-order valence-electron chi connectivity index (χ1n) is 7.55. The predicted octanol–water partition coefficient (Wildman–Crippen LogP) is 5.68. The molecule has 3 rings (SSSR count). The quantitative estimate of drug-likeness (QED) is 0.554. The lowest BCUT2D eigenvalue weighted by Crippen LogP contribution is -2.34. The Balaban J connectivity index is 1.84. The van der Waals surface area contributed by atoms with E-state index in [2.05, 4.69) is 37.9 Å². The van der Waals surface area contributed by atoms with Gasteiger partial charge < -0.3 is 0 Å². The molecule has 0 saturated heterocycles. The summed E-state index contributed by atoms with van der Waals surface area (Å²) < 4.78 is 13.6. The molecule has 0 nitrogen and oxygen atoms in total. The summed E-state index contributed by atoms with van der Waals surface area (Å²) in [5, 5.41) is 1.78. The van der Waals surface area contributed by atoms with Crippen LogP contribution in [0.15, 0.2) is 24.3 Å². The largest absolute Gasteiger partial charge is 0.207 e. The van der Waals surface area contributed by atoms with Crippen molar-refractivity contribution in [2.75, 3.05) is 10.7 Å². The van der Waals surface area contributed by atoms with Gasteiger partial charge in [-0.1, -0.05) is 50.4 Å². The molecule has 1 aromatic carbocycles. The third-order valence-corrected chi connectivity index (χ3v) is 7.63. The van der Waals surface area contributed by atoms with Crippen LogP contribution in [0, 0.1) is 23.6 Å². The van der Waals surface area contributed by atoms with Crippen LogP contribution in [0.4, 0.5) is 4.39 Å². The van der Waals surface area contributed by atoms with Gasteiger partial charge in [-0.15, -0.1) is 0 Å². The average molecular weight is 404 g/mol. The molecule has 2 aliphatic carbocycles. The molecule has 0 radical (unpaired) electrons. The number of alkyl halides is 2. The normalized spacial score (nSPS) is 29.1. The van der Waals surface area contributed by atoms with Crippen molar-refractivity contribution in [3.05, 3.63) is 35.6 Å². The second-order valence-electron chi connectivity index (χ2n) is 6.70.